The summed E-state index contributed by atoms with van der Waals surface area (Å²) in [5.41, 5.74) is 1.01. The van der Waals surface area contributed by atoms with Crippen LogP contribution < -0.4 is 0 Å². The average Bonchev–Trinajstić information content (AvgIpc) is 3.23. The summed E-state index contributed by atoms with van der Waals surface area (Å²) in [6.45, 7) is 2.99. The van der Waals surface area contributed by atoms with E-state index < -0.39 is 0 Å². The standard InChI is InChI=1S/C16H20N4O2S/c1-22-15(21)12-23-16-18-17-14(11-19-9-5-6-10-19)20(16)13-7-3-2-4-8-13/h2-4,7-8H,5-6,9-12H2,1H3. The Morgan fingerprint density at radius 2 is 1.96 bits per heavy atom. The summed E-state index contributed by atoms with van der Waals surface area (Å²) in [6.07, 6.45) is 2.48. The number of ether oxygens (including phenoxy) is 1. The van der Waals surface area contributed by atoms with Crippen LogP contribution in [0.3, 0.4) is 0 Å². The summed E-state index contributed by atoms with van der Waals surface area (Å²) < 4.78 is 6.74. The van der Waals surface area contributed by atoms with Gasteiger partial charge in [-0.1, -0.05) is 30.0 Å². The maximum Gasteiger partial charge on any atom is 0.316 e. The first-order valence-electron chi connectivity index (χ1n) is 7.69. The molecule has 0 N–H and O–H groups in total. The number of carbonyl (C=O) groups excluding carboxylic acids is 1. The Balaban J connectivity index is 1.86. The molecule has 0 spiro atoms. The van der Waals surface area contributed by atoms with E-state index in [2.05, 4.69) is 15.1 Å². The Hall–Kier alpha value is -1.86. The van der Waals surface area contributed by atoms with Crippen LogP contribution in [0.2, 0.25) is 0 Å². The Morgan fingerprint density at radius 1 is 1.22 bits per heavy atom. The van der Waals surface area contributed by atoms with Gasteiger partial charge in [-0.15, -0.1) is 10.2 Å². The normalized spacial score (nSPS) is 15.0. The topological polar surface area (TPSA) is 60.2 Å². The van der Waals surface area contributed by atoms with Crippen molar-refractivity contribution in [2.24, 2.45) is 0 Å². The van der Waals surface area contributed by atoms with Crippen LogP contribution >= 0.6 is 11.8 Å². The molecule has 6 nitrogen and oxygen atoms in total. The van der Waals surface area contributed by atoms with Gasteiger partial charge in [0.05, 0.1) is 19.4 Å². The molecule has 2 heterocycles. The van der Waals surface area contributed by atoms with Gasteiger partial charge < -0.3 is 4.74 Å². The van der Waals surface area contributed by atoms with Crippen molar-refractivity contribution in [2.75, 3.05) is 26.0 Å². The van der Waals surface area contributed by atoms with Crippen molar-refractivity contribution in [3.63, 3.8) is 0 Å². The number of hydrogen-bond donors (Lipinski definition) is 0. The smallest absolute Gasteiger partial charge is 0.316 e. The van der Waals surface area contributed by atoms with Gasteiger partial charge in [-0.3, -0.25) is 14.3 Å². The summed E-state index contributed by atoms with van der Waals surface area (Å²) in [6, 6.07) is 10.0. The lowest BCUT2D eigenvalue weighted by Gasteiger charge is -2.15. The fourth-order valence-corrected chi connectivity index (χ4v) is 3.46. The van der Waals surface area contributed by atoms with Crippen LogP contribution in [0.25, 0.3) is 5.69 Å². The Labute approximate surface area is 139 Å². The molecular weight excluding hydrogens is 312 g/mol. The van der Waals surface area contributed by atoms with Crippen LogP contribution in [-0.2, 0) is 16.1 Å². The highest BCUT2D eigenvalue weighted by Crippen LogP contribution is 2.23. The molecule has 1 aromatic carbocycles. The van der Waals surface area contributed by atoms with E-state index >= 15 is 0 Å². The third kappa shape index (κ3) is 3.92. The van der Waals surface area contributed by atoms with Crippen molar-refractivity contribution in [2.45, 2.75) is 24.5 Å². The van der Waals surface area contributed by atoms with Gasteiger partial charge >= 0.3 is 5.97 Å². The number of hydrogen-bond acceptors (Lipinski definition) is 6. The lowest BCUT2D eigenvalue weighted by Crippen LogP contribution is -2.21. The maximum atomic E-state index is 11.4. The Bertz CT molecular complexity index is 653. The summed E-state index contributed by atoms with van der Waals surface area (Å²) in [7, 11) is 1.39. The molecule has 0 unspecified atom stereocenters. The third-order valence-electron chi connectivity index (χ3n) is 3.83. The van der Waals surface area contributed by atoms with Gasteiger partial charge in [-0.25, -0.2) is 0 Å². The molecule has 3 rings (SSSR count). The molecule has 7 heteroatoms. The van der Waals surface area contributed by atoms with E-state index in [-0.39, 0.29) is 11.7 Å². The zero-order valence-electron chi connectivity index (χ0n) is 13.1. The molecule has 1 aromatic heterocycles. The van der Waals surface area contributed by atoms with Crippen molar-refractivity contribution in [1.29, 1.82) is 0 Å². The van der Waals surface area contributed by atoms with Crippen LogP contribution in [0.4, 0.5) is 0 Å². The van der Waals surface area contributed by atoms with Gasteiger partial charge in [0.25, 0.3) is 0 Å². The molecule has 1 aliphatic rings. The summed E-state index contributed by atoms with van der Waals surface area (Å²) in [5.74, 6) is 0.870. The van der Waals surface area contributed by atoms with Crippen LogP contribution in [0, 0.1) is 0 Å². The first-order chi connectivity index (χ1) is 11.3. The fraction of sp³-hybridized carbons (Fsp3) is 0.438. The average molecular weight is 332 g/mol. The quantitative estimate of drug-likeness (QED) is 0.596. The van der Waals surface area contributed by atoms with Gasteiger partial charge in [0.15, 0.2) is 11.0 Å². The van der Waals surface area contributed by atoms with Crippen LogP contribution in [0.5, 0.6) is 0 Å². The molecule has 0 amide bonds. The van der Waals surface area contributed by atoms with Crippen molar-refractivity contribution >= 4 is 17.7 Å². The van der Waals surface area contributed by atoms with Gasteiger partial charge in [-0.2, -0.15) is 0 Å². The molecule has 0 atom stereocenters. The van der Waals surface area contributed by atoms with Crippen LogP contribution in [0.1, 0.15) is 18.7 Å². The number of benzene rings is 1. The highest BCUT2D eigenvalue weighted by molar-refractivity contribution is 7.99. The van der Waals surface area contributed by atoms with Gasteiger partial charge in [0.2, 0.25) is 0 Å². The minimum Gasteiger partial charge on any atom is -0.468 e. The lowest BCUT2D eigenvalue weighted by molar-refractivity contribution is -0.137. The maximum absolute atomic E-state index is 11.4. The van der Waals surface area contributed by atoms with Crippen molar-refractivity contribution in [3.8, 4) is 5.69 Å². The predicted octanol–water partition coefficient (Wildman–Crippen LogP) is 2.13. The number of para-hydroxylation sites is 1. The van der Waals surface area contributed by atoms with E-state index in [1.165, 1.54) is 31.7 Å². The lowest BCUT2D eigenvalue weighted by atomic mass is 10.3. The number of likely N-dealkylation sites (tertiary alicyclic amines) is 1. The Morgan fingerprint density at radius 3 is 2.65 bits per heavy atom. The van der Waals surface area contributed by atoms with Crippen molar-refractivity contribution in [1.82, 2.24) is 19.7 Å². The number of thioether (sulfide) groups is 1. The number of methoxy groups -OCH3 is 1. The SMILES string of the molecule is COC(=O)CSc1nnc(CN2CCCC2)n1-c1ccccc1. The second-order valence-electron chi connectivity index (χ2n) is 5.42. The molecule has 23 heavy (non-hydrogen) atoms. The Kier molecular flexibility index (Phi) is 5.30. The summed E-state index contributed by atoms with van der Waals surface area (Å²) >= 11 is 1.35. The molecule has 1 aliphatic heterocycles. The second-order valence-corrected chi connectivity index (χ2v) is 6.36. The molecule has 1 saturated heterocycles. The molecule has 0 bridgehead atoms. The van der Waals surface area contributed by atoms with E-state index in [0.717, 1.165) is 36.3 Å². The molecule has 0 aliphatic carbocycles. The fourth-order valence-electron chi connectivity index (χ4n) is 2.66. The van der Waals surface area contributed by atoms with E-state index in [9.17, 15) is 4.79 Å². The summed E-state index contributed by atoms with van der Waals surface area (Å²) in [5, 5.41) is 9.36. The zero-order valence-corrected chi connectivity index (χ0v) is 14.0. The first-order valence-corrected chi connectivity index (χ1v) is 8.68. The van der Waals surface area contributed by atoms with Crippen LogP contribution in [-0.4, -0.2) is 51.6 Å². The highest BCUT2D eigenvalue weighted by atomic mass is 32.2. The molecule has 122 valence electrons. The minimum atomic E-state index is -0.265. The van der Waals surface area contributed by atoms with E-state index in [1.807, 2.05) is 34.9 Å². The van der Waals surface area contributed by atoms with E-state index in [0.29, 0.717) is 0 Å². The minimum absolute atomic E-state index is 0.227. The monoisotopic (exact) mass is 332 g/mol. The summed E-state index contributed by atoms with van der Waals surface area (Å²) in [4.78, 5) is 13.8. The van der Waals surface area contributed by atoms with Crippen molar-refractivity contribution < 1.29 is 9.53 Å². The predicted molar refractivity (Wildman–Crippen MR) is 88.6 cm³/mol. The first kappa shape index (κ1) is 16.0. The highest BCUT2D eigenvalue weighted by Gasteiger charge is 2.19. The molecule has 0 radical (unpaired) electrons. The van der Waals surface area contributed by atoms with E-state index in [1.54, 1.807) is 0 Å². The number of aromatic nitrogens is 3. The molecular formula is C16H20N4O2S. The van der Waals surface area contributed by atoms with Crippen LogP contribution in [0.15, 0.2) is 35.5 Å². The molecule has 1 fully saturated rings. The number of rotatable bonds is 6. The van der Waals surface area contributed by atoms with E-state index in [4.69, 9.17) is 4.74 Å². The number of nitrogens with zero attached hydrogens (tertiary/aromatic N) is 4. The third-order valence-corrected chi connectivity index (χ3v) is 4.73. The second kappa shape index (κ2) is 7.61. The van der Waals surface area contributed by atoms with Crippen molar-refractivity contribution in [3.05, 3.63) is 36.2 Å². The largest absolute Gasteiger partial charge is 0.468 e. The van der Waals surface area contributed by atoms with Gasteiger partial charge in [-0.05, 0) is 38.1 Å². The van der Waals surface area contributed by atoms with Gasteiger partial charge in [0, 0.05) is 5.69 Å². The number of esters is 1. The van der Waals surface area contributed by atoms with Gasteiger partial charge in [0.1, 0.15) is 0 Å². The molecule has 2 aromatic rings. The number of carbonyl (C=O) groups is 1. The zero-order chi connectivity index (χ0) is 16.1. The molecule has 0 saturated carbocycles.